The second-order valence-electron chi connectivity index (χ2n) is 6.07. The molecule has 1 fully saturated rings. The zero-order valence-corrected chi connectivity index (χ0v) is 12.3. The highest BCUT2D eigenvalue weighted by Gasteiger charge is 2.37. The molecule has 0 aliphatic heterocycles. The van der Waals surface area contributed by atoms with Crippen molar-refractivity contribution in [1.82, 2.24) is 5.32 Å². The molecule has 2 nitrogen and oxygen atoms in total. The summed E-state index contributed by atoms with van der Waals surface area (Å²) in [5, 5.41) is 3.70. The van der Waals surface area contributed by atoms with Crippen LogP contribution in [0.4, 0.5) is 0 Å². The molecule has 1 aliphatic rings. The molecule has 0 aromatic carbocycles. The molecule has 1 N–H and O–H groups in total. The van der Waals surface area contributed by atoms with Crippen molar-refractivity contribution in [1.29, 1.82) is 0 Å². The van der Waals surface area contributed by atoms with Crippen molar-refractivity contribution >= 4 is 0 Å². The summed E-state index contributed by atoms with van der Waals surface area (Å²) in [5.74, 6) is 2.12. The average molecular weight is 249 g/mol. The predicted molar refractivity (Wildman–Crippen MR) is 75.8 cm³/mol. The first-order valence-electron chi connectivity index (χ1n) is 7.37. The second-order valence-corrected chi connectivity index (χ2v) is 6.07. The first-order valence-corrected chi connectivity index (χ1v) is 7.37. The molecule has 2 heteroatoms. The van der Waals surface area contributed by atoms with Crippen LogP contribution in [0.3, 0.4) is 0 Å². The molecule has 2 rings (SSSR count). The molecule has 0 bridgehead atoms. The summed E-state index contributed by atoms with van der Waals surface area (Å²) in [6, 6.07) is 2.67. The van der Waals surface area contributed by atoms with E-state index in [-0.39, 0.29) is 0 Å². The highest BCUT2D eigenvalue weighted by atomic mass is 16.3. The van der Waals surface area contributed by atoms with Crippen LogP contribution in [0.15, 0.2) is 10.5 Å². The van der Waals surface area contributed by atoms with Gasteiger partial charge < -0.3 is 9.73 Å². The minimum Gasteiger partial charge on any atom is -0.466 e. The maximum atomic E-state index is 5.74. The fourth-order valence-corrected chi connectivity index (χ4v) is 3.52. The topological polar surface area (TPSA) is 25.2 Å². The Morgan fingerprint density at radius 3 is 2.44 bits per heavy atom. The molecule has 18 heavy (non-hydrogen) atoms. The summed E-state index contributed by atoms with van der Waals surface area (Å²) in [6.45, 7) is 9.80. The van der Waals surface area contributed by atoms with Gasteiger partial charge >= 0.3 is 0 Å². The van der Waals surface area contributed by atoms with E-state index < -0.39 is 0 Å². The van der Waals surface area contributed by atoms with Gasteiger partial charge in [0, 0.05) is 11.6 Å². The van der Waals surface area contributed by atoms with Gasteiger partial charge in [-0.15, -0.1) is 0 Å². The number of hydrogen-bond donors (Lipinski definition) is 1. The van der Waals surface area contributed by atoms with Gasteiger partial charge in [0.1, 0.15) is 11.5 Å². The van der Waals surface area contributed by atoms with Crippen molar-refractivity contribution in [3.8, 4) is 0 Å². The number of aryl methyl sites for hydroxylation is 2. The fourth-order valence-electron chi connectivity index (χ4n) is 3.52. The molecule has 1 heterocycles. The van der Waals surface area contributed by atoms with Gasteiger partial charge in [-0.05, 0) is 44.7 Å². The first-order chi connectivity index (χ1) is 8.57. The predicted octanol–water partition coefficient (Wildman–Crippen LogP) is 4.52. The van der Waals surface area contributed by atoms with Gasteiger partial charge in [-0.25, -0.2) is 0 Å². The Balaban J connectivity index is 2.29. The summed E-state index contributed by atoms with van der Waals surface area (Å²) in [7, 11) is 0. The molecule has 1 aromatic heterocycles. The summed E-state index contributed by atoms with van der Waals surface area (Å²) < 4.78 is 5.74. The molecule has 1 aromatic rings. The molecular formula is C16H27NO. The summed E-state index contributed by atoms with van der Waals surface area (Å²) in [5.41, 5.74) is 1.76. The molecule has 102 valence electrons. The van der Waals surface area contributed by atoms with Gasteiger partial charge in [0.2, 0.25) is 0 Å². The molecule has 0 saturated heterocycles. The summed E-state index contributed by atoms with van der Waals surface area (Å²) in [4.78, 5) is 0. The molecule has 1 aliphatic carbocycles. The van der Waals surface area contributed by atoms with Crippen LogP contribution in [0.1, 0.15) is 69.1 Å². The van der Waals surface area contributed by atoms with Crippen LogP contribution in [0.2, 0.25) is 0 Å². The zero-order valence-electron chi connectivity index (χ0n) is 12.3. The molecule has 1 atom stereocenters. The summed E-state index contributed by atoms with van der Waals surface area (Å²) in [6.07, 6.45) is 6.79. The van der Waals surface area contributed by atoms with Gasteiger partial charge in [-0.1, -0.05) is 33.1 Å². The van der Waals surface area contributed by atoms with Gasteiger partial charge in [0.25, 0.3) is 0 Å². The standard InChI is InChI=1S/C16H27NO/c1-5-17-15(14-11-12(2)18-13(14)3)16(4)9-7-6-8-10-16/h11,15,17H,5-10H2,1-4H3. The number of nitrogens with one attached hydrogen (secondary N) is 1. The Labute approximate surface area is 111 Å². The third-order valence-corrected chi connectivity index (χ3v) is 4.49. The Bertz CT molecular complexity index is 388. The highest BCUT2D eigenvalue weighted by Crippen LogP contribution is 2.46. The van der Waals surface area contributed by atoms with Crippen LogP contribution in [0.5, 0.6) is 0 Å². The van der Waals surface area contributed by atoms with E-state index >= 15 is 0 Å². The highest BCUT2D eigenvalue weighted by molar-refractivity contribution is 5.26. The lowest BCUT2D eigenvalue weighted by molar-refractivity contribution is 0.145. The van der Waals surface area contributed by atoms with E-state index in [2.05, 4.69) is 32.2 Å². The van der Waals surface area contributed by atoms with Crippen molar-refractivity contribution in [3.05, 3.63) is 23.2 Å². The van der Waals surface area contributed by atoms with Crippen molar-refractivity contribution in [2.45, 2.75) is 65.8 Å². The maximum Gasteiger partial charge on any atom is 0.105 e. The van der Waals surface area contributed by atoms with Crippen LogP contribution in [0, 0.1) is 19.3 Å². The van der Waals surface area contributed by atoms with Gasteiger partial charge in [0.05, 0.1) is 0 Å². The molecule has 0 amide bonds. The molecule has 0 spiro atoms. The van der Waals surface area contributed by atoms with Gasteiger partial charge in [-0.3, -0.25) is 0 Å². The second kappa shape index (κ2) is 5.48. The van der Waals surface area contributed by atoms with Crippen molar-refractivity contribution in [3.63, 3.8) is 0 Å². The Kier molecular flexibility index (Phi) is 4.16. The van der Waals surface area contributed by atoms with Gasteiger partial charge in [0.15, 0.2) is 0 Å². The van der Waals surface area contributed by atoms with Crippen molar-refractivity contribution in [2.75, 3.05) is 6.54 Å². The third kappa shape index (κ3) is 2.64. The third-order valence-electron chi connectivity index (χ3n) is 4.49. The van der Waals surface area contributed by atoms with Crippen LogP contribution in [0.25, 0.3) is 0 Å². The van der Waals surface area contributed by atoms with Crippen LogP contribution < -0.4 is 5.32 Å². The van der Waals surface area contributed by atoms with Gasteiger partial charge in [-0.2, -0.15) is 0 Å². The van der Waals surface area contributed by atoms with Crippen LogP contribution >= 0.6 is 0 Å². The largest absolute Gasteiger partial charge is 0.466 e. The monoisotopic (exact) mass is 249 g/mol. The van der Waals surface area contributed by atoms with Crippen LogP contribution in [-0.2, 0) is 0 Å². The number of hydrogen-bond acceptors (Lipinski definition) is 2. The SMILES string of the molecule is CCNC(c1cc(C)oc1C)C1(C)CCCCC1. The van der Waals surface area contributed by atoms with Crippen molar-refractivity contribution < 1.29 is 4.42 Å². The average Bonchev–Trinajstić information content (AvgIpc) is 2.66. The van der Waals surface area contributed by atoms with Crippen LogP contribution in [-0.4, -0.2) is 6.54 Å². The Morgan fingerprint density at radius 2 is 1.94 bits per heavy atom. The molecular weight excluding hydrogens is 222 g/mol. The first kappa shape index (κ1) is 13.7. The van der Waals surface area contributed by atoms with E-state index in [1.165, 1.54) is 37.7 Å². The lowest BCUT2D eigenvalue weighted by atomic mass is 9.68. The van der Waals surface area contributed by atoms with E-state index in [1.54, 1.807) is 0 Å². The smallest absolute Gasteiger partial charge is 0.105 e. The fraction of sp³-hybridized carbons (Fsp3) is 0.750. The van der Waals surface area contributed by atoms with E-state index in [9.17, 15) is 0 Å². The van der Waals surface area contributed by atoms with E-state index in [1.807, 2.05) is 6.92 Å². The van der Waals surface area contributed by atoms with E-state index in [4.69, 9.17) is 4.42 Å². The lowest BCUT2D eigenvalue weighted by Gasteiger charge is -2.41. The molecule has 1 unspecified atom stereocenters. The number of furan rings is 1. The molecule has 1 saturated carbocycles. The zero-order chi connectivity index (χ0) is 13.2. The minimum atomic E-state index is 0.384. The quantitative estimate of drug-likeness (QED) is 0.849. The summed E-state index contributed by atoms with van der Waals surface area (Å²) >= 11 is 0. The van der Waals surface area contributed by atoms with E-state index in [0.717, 1.165) is 18.1 Å². The van der Waals surface area contributed by atoms with Crippen molar-refractivity contribution in [2.24, 2.45) is 5.41 Å². The normalized spacial score (nSPS) is 20.9. The Morgan fingerprint density at radius 1 is 1.28 bits per heavy atom. The Hall–Kier alpha value is -0.760. The molecule has 0 radical (unpaired) electrons. The number of rotatable bonds is 4. The minimum absolute atomic E-state index is 0.384. The van der Waals surface area contributed by atoms with E-state index in [0.29, 0.717) is 11.5 Å². The lowest BCUT2D eigenvalue weighted by Crippen LogP contribution is -2.37. The maximum absolute atomic E-state index is 5.74.